The number of hydrogen-bond donors (Lipinski definition) is 2. The lowest BCUT2D eigenvalue weighted by atomic mass is 10.0. The van der Waals surface area contributed by atoms with Crippen LogP contribution in [0.15, 0.2) is 54.7 Å². The van der Waals surface area contributed by atoms with E-state index in [0.717, 1.165) is 27.4 Å². The van der Waals surface area contributed by atoms with Crippen molar-refractivity contribution in [3.05, 3.63) is 94.4 Å². The first kappa shape index (κ1) is 26.6. The second-order valence-electron chi connectivity index (χ2n) is 8.78. The number of amides is 1. The van der Waals surface area contributed by atoms with Gasteiger partial charge in [0.05, 0.1) is 6.20 Å². The molecule has 0 bridgehead atoms. The average Bonchev–Trinajstić information content (AvgIpc) is 3.27. The molecule has 0 aliphatic carbocycles. The van der Waals surface area contributed by atoms with Crippen LogP contribution in [0, 0.1) is 11.6 Å². The summed E-state index contributed by atoms with van der Waals surface area (Å²) in [5, 5.41) is 6.45. The Bertz CT molecular complexity index is 1520. The van der Waals surface area contributed by atoms with Crippen LogP contribution < -0.4 is 15.8 Å². The number of rotatable bonds is 5. The first-order valence-corrected chi connectivity index (χ1v) is 11.7. The molecule has 0 spiro atoms. The lowest BCUT2D eigenvalue weighted by molar-refractivity contribution is -0.121. The summed E-state index contributed by atoms with van der Waals surface area (Å²) in [4.78, 5) is 39.8. The topological polar surface area (TPSA) is 129 Å². The van der Waals surface area contributed by atoms with Crippen molar-refractivity contribution < 1.29 is 27.9 Å². The lowest BCUT2D eigenvalue weighted by Gasteiger charge is -2.17. The number of aromatic nitrogens is 3. The van der Waals surface area contributed by atoms with E-state index in [-0.39, 0.29) is 60.0 Å². The Morgan fingerprint density at radius 3 is 2.58 bits per heavy atom. The molecule has 1 aliphatic rings. The molecule has 11 heteroatoms. The molecule has 38 heavy (non-hydrogen) atoms. The zero-order chi connectivity index (χ0) is 27.4. The molecular weight excluding hydrogens is 496 g/mol. The van der Waals surface area contributed by atoms with E-state index in [1.54, 1.807) is 30.3 Å². The number of Topliss-reactive ketones (excluding diaryl/α,β-unsaturated/α-hetero) is 2. The summed E-state index contributed by atoms with van der Waals surface area (Å²) < 4.78 is 32.6. The van der Waals surface area contributed by atoms with Gasteiger partial charge in [0.15, 0.2) is 23.0 Å². The van der Waals surface area contributed by atoms with Gasteiger partial charge >= 0.3 is 0 Å². The Balaban J connectivity index is 0.000000283. The summed E-state index contributed by atoms with van der Waals surface area (Å²) in [5.41, 5.74) is 7.82. The van der Waals surface area contributed by atoms with Crippen molar-refractivity contribution in [2.45, 2.75) is 32.9 Å². The number of nitrogens with one attached hydrogen (secondary N) is 1. The predicted octanol–water partition coefficient (Wildman–Crippen LogP) is 3.35. The van der Waals surface area contributed by atoms with Gasteiger partial charge < -0.3 is 15.8 Å². The van der Waals surface area contributed by atoms with Crippen LogP contribution in [0.4, 0.5) is 8.78 Å². The molecule has 3 N–H and O–H groups in total. The standard InChI is InChI=1S/C19H15FN4O4.C8H10FN/c1-10(25)16-6-15(23-18-14(20)8-22-24(16)18)19(27)21-7-11-2-3-17-12(4-11)5-13(26)9-28-17;1-6(10)7-2-4-8(9)5-3-7/h2-4,6,8H,5,7,9H2,1H3,(H,21,27);2-6H,10H2,1H3/t;6-/m.0/s1. The Kier molecular flexibility index (Phi) is 7.87. The molecule has 0 saturated carbocycles. The molecule has 2 aromatic heterocycles. The number of ether oxygens (including phenoxy) is 1. The normalized spacial score (nSPS) is 13.1. The van der Waals surface area contributed by atoms with Gasteiger partial charge in [-0.05, 0) is 48.4 Å². The van der Waals surface area contributed by atoms with Crippen LogP contribution in [0.1, 0.15) is 57.6 Å². The summed E-state index contributed by atoms with van der Waals surface area (Å²) >= 11 is 0. The van der Waals surface area contributed by atoms with Gasteiger partial charge in [-0.15, -0.1) is 0 Å². The maximum absolute atomic E-state index is 13.8. The van der Waals surface area contributed by atoms with Crippen molar-refractivity contribution in [1.82, 2.24) is 19.9 Å². The molecule has 1 aliphatic heterocycles. The largest absolute Gasteiger partial charge is 0.486 e. The first-order valence-electron chi connectivity index (χ1n) is 11.7. The Labute approximate surface area is 216 Å². The van der Waals surface area contributed by atoms with Crippen molar-refractivity contribution in [3.8, 4) is 5.75 Å². The quantitative estimate of drug-likeness (QED) is 0.386. The fraction of sp³-hybridized carbons (Fsp3) is 0.222. The van der Waals surface area contributed by atoms with Gasteiger partial charge in [0.2, 0.25) is 0 Å². The SMILES string of the molecule is CC(=O)c1cc(C(=O)NCc2ccc3c(c2)CC(=O)CO3)nc2c(F)cnn12.C[C@H](N)c1ccc(F)cc1. The summed E-state index contributed by atoms with van der Waals surface area (Å²) in [6.07, 6.45) is 1.23. The van der Waals surface area contributed by atoms with Gasteiger partial charge in [0, 0.05) is 31.5 Å². The molecule has 2 aromatic carbocycles. The molecule has 9 nitrogen and oxygen atoms in total. The van der Waals surface area contributed by atoms with Crippen LogP contribution in [0.25, 0.3) is 5.65 Å². The van der Waals surface area contributed by atoms with E-state index in [4.69, 9.17) is 10.5 Å². The molecule has 4 aromatic rings. The van der Waals surface area contributed by atoms with E-state index in [1.807, 2.05) is 6.92 Å². The minimum absolute atomic E-state index is 0.00853. The van der Waals surface area contributed by atoms with Crippen LogP contribution in [0.3, 0.4) is 0 Å². The number of halogens is 2. The van der Waals surface area contributed by atoms with Crippen molar-refractivity contribution in [2.24, 2.45) is 5.73 Å². The molecule has 5 rings (SSSR count). The predicted molar refractivity (Wildman–Crippen MR) is 134 cm³/mol. The van der Waals surface area contributed by atoms with E-state index in [1.165, 1.54) is 25.1 Å². The van der Waals surface area contributed by atoms with Gasteiger partial charge in [0.1, 0.15) is 29.6 Å². The molecular formula is C27H25F2N5O4. The first-order chi connectivity index (χ1) is 18.1. The molecule has 0 saturated heterocycles. The summed E-state index contributed by atoms with van der Waals surface area (Å²) in [6, 6.07) is 12.8. The van der Waals surface area contributed by atoms with Gasteiger partial charge in [-0.25, -0.2) is 18.3 Å². The fourth-order valence-electron chi connectivity index (χ4n) is 3.79. The number of nitrogens with zero attached hydrogens (tertiary/aromatic N) is 3. The van der Waals surface area contributed by atoms with Crippen LogP contribution in [-0.4, -0.2) is 38.7 Å². The zero-order valence-corrected chi connectivity index (χ0v) is 20.7. The molecule has 1 amide bonds. The van der Waals surface area contributed by atoms with Crippen LogP contribution >= 0.6 is 0 Å². The van der Waals surface area contributed by atoms with Crippen molar-refractivity contribution in [1.29, 1.82) is 0 Å². The average molecular weight is 522 g/mol. The van der Waals surface area contributed by atoms with Crippen LogP contribution in [-0.2, 0) is 17.8 Å². The molecule has 0 unspecified atom stereocenters. The molecule has 196 valence electrons. The van der Waals surface area contributed by atoms with Gasteiger partial charge in [0.25, 0.3) is 5.91 Å². The number of benzene rings is 2. The summed E-state index contributed by atoms with van der Waals surface area (Å²) in [7, 11) is 0. The molecule has 1 atom stereocenters. The zero-order valence-electron chi connectivity index (χ0n) is 20.7. The van der Waals surface area contributed by atoms with Crippen LogP contribution in [0.2, 0.25) is 0 Å². The van der Waals surface area contributed by atoms with Gasteiger partial charge in [-0.1, -0.05) is 18.2 Å². The van der Waals surface area contributed by atoms with Crippen LogP contribution in [0.5, 0.6) is 5.75 Å². The smallest absolute Gasteiger partial charge is 0.270 e. The Morgan fingerprint density at radius 2 is 1.89 bits per heavy atom. The number of carbonyl (C=O) groups is 3. The Hall–Kier alpha value is -4.51. The highest BCUT2D eigenvalue weighted by molar-refractivity contribution is 5.98. The highest BCUT2D eigenvalue weighted by atomic mass is 19.1. The fourth-order valence-corrected chi connectivity index (χ4v) is 3.79. The Morgan fingerprint density at radius 1 is 1.16 bits per heavy atom. The lowest BCUT2D eigenvalue weighted by Crippen LogP contribution is -2.25. The summed E-state index contributed by atoms with van der Waals surface area (Å²) in [5.74, 6) is -1.23. The van der Waals surface area contributed by atoms with Crippen molar-refractivity contribution >= 4 is 23.1 Å². The van der Waals surface area contributed by atoms with Crippen molar-refractivity contribution in [2.75, 3.05) is 6.61 Å². The maximum Gasteiger partial charge on any atom is 0.270 e. The number of ketones is 2. The van der Waals surface area contributed by atoms with Gasteiger partial charge in [-0.3, -0.25) is 14.4 Å². The van der Waals surface area contributed by atoms with Gasteiger partial charge in [-0.2, -0.15) is 5.10 Å². The summed E-state index contributed by atoms with van der Waals surface area (Å²) in [6.45, 7) is 3.41. The second-order valence-corrected chi connectivity index (χ2v) is 8.78. The van der Waals surface area contributed by atoms with E-state index >= 15 is 0 Å². The van der Waals surface area contributed by atoms with Crippen molar-refractivity contribution in [3.63, 3.8) is 0 Å². The number of fused-ring (bicyclic) bond motifs is 2. The minimum Gasteiger partial charge on any atom is -0.486 e. The monoisotopic (exact) mass is 521 g/mol. The van der Waals surface area contributed by atoms with E-state index in [2.05, 4.69) is 15.4 Å². The molecule has 0 fully saturated rings. The maximum atomic E-state index is 13.8. The third kappa shape index (κ3) is 6.06. The number of hydrogen-bond acceptors (Lipinski definition) is 7. The van der Waals surface area contributed by atoms with E-state index in [0.29, 0.717) is 5.75 Å². The minimum atomic E-state index is -0.725. The third-order valence-electron chi connectivity index (χ3n) is 5.77. The van der Waals surface area contributed by atoms with E-state index < -0.39 is 11.7 Å². The van der Waals surface area contributed by atoms with E-state index in [9.17, 15) is 23.2 Å². The molecule has 3 heterocycles. The third-order valence-corrected chi connectivity index (χ3v) is 5.77. The number of nitrogens with two attached hydrogens (primary N) is 1. The molecule has 0 radical (unpaired) electrons. The highest BCUT2D eigenvalue weighted by Crippen LogP contribution is 2.24. The number of carbonyl (C=O) groups excluding carboxylic acids is 3. The highest BCUT2D eigenvalue weighted by Gasteiger charge is 2.19. The second kappa shape index (κ2) is 11.3.